The summed E-state index contributed by atoms with van der Waals surface area (Å²) < 4.78 is 0. The van der Waals surface area contributed by atoms with Gasteiger partial charge in [0.25, 0.3) is 5.91 Å². The number of nitrogens with one attached hydrogen (secondary N) is 1. The predicted molar refractivity (Wildman–Crippen MR) is 80.8 cm³/mol. The normalized spacial score (nSPS) is 10.2. The topological polar surface area (TPSA) is 29.1 Å². The van der Waals surface area contributed by atoms with E-state index in [1.807, 2.05) is 55.5 Å². The molecule has 0 aliphatic carbocycles. The van der Waals surface area contributed by atoms with Crippen LogP contribution in [0, 0.1) is 6.92 Å². The first-order valence-electron chi connectivity index (χ1n) is 5.88. The Balaban J connectivity index is 1.86. The third kappa shape index (κ3) is 4.30. The van der Waals surface area contributed by atoms with Gasteiger partial charge in [0.05, 0.1) is 5.88 Å². The fourth-order valence-electron chi connectivity index (χ4n) is 1.60. The molecule has 98 valence electrons. The number of carbonyl (C=O) groups is 1. The number of hydrogen-bond donors (Lipinski definition) is 1. The fourth-order valence-corrected chi connectivity index (χ4v) is 2.43. The monoisotopic (exact) mass is 291 g/mol. The minimum Gasteiger partial charge on any atom is -0.343 e. The van der Waals surface area contributed by atoms with Gasteiger partial charge in [0.1, 0.15) is 0 Å². The smallest absolute Gasteiger partial charge is 0.251 e. The van der Waals surface area contributed by atoms with E-state index in [9.17, 15) is 4.79 Å². The van der Waals surface area contributed by atoms with Crippen molar-refractivity contribution in [1.82, 2.24) is 5.32 Å². The SMILES string of the molecule is Cc1cccc(C(=O)NCSc2ccc(Cl)cc2)c1. The largest absolute Gasteiger partial charge is 0.343 e. The van der Waals surface area contributed by atoms with E-state index in [2.05, 4.69) is 5.32 Å². The van der Waals surface area contributed by atoms with E-state index in [1.54, 1.807) is 11.8 Å². The van der Waals surface area contributed by atoms with Crippen molar-refractivity contribution in [3.05, 3.63) is 64.7 Å². The van der Waals surface area contributed by atoms with Gasteiger partial charge in [-0.3, -0.25) is 4.79 Å². The Morgan fingerprint density at radius 3 is 2.63 bits per heavy atom. The Morgan fingerprint density at radius 2 is 1.95 bits per heavy atom. The lowest BCUT2D eigenvalue weighted by Crippen LogP contribution is -2.22. The Labute approximate surface area is 122 Å². The first-order valence-corrected chi connectivity index (χ1v) is 7.25. The molecule has 0 aromatic heterocycles. The van der Waals surface area contributed by atoms with E-state index < -0.39 is 0 Å². The standard InChI is InChI=1S/C15H14ClNOS/c1-11-3-2-4-12(9-11)15(18)17-10-19-14-7-5-13(16)6-8-14/h2-9H,10H2,1H3,(H,17,18). The van der Waals surface area contributed by atoms with Gasteiger partial charge in [-0.15, -0.1) is 11.8 Å². The van der Waals surface area contributed by atoms with Crippen molar-refractivity contribution >= 4 is 29.3 Å². The van der Waals surface area contributed by atoms with Crippen molar-refractivity contribution in [2.75, 3.05) is 5.88 Å². The molecule has 19 heavy (non-hydrogen) atoms. The van der Waals surface area contributed by atoms with Crippen LogP contribution < -0.4 is 5.32 Å². The van der Waals surface area contributed by atoms with Gasteiger partial charge in [0.15, 0.2) is 0 Å². The molecule has 0 aliphatic heterocycles. The van der Waals surface area contributed by atoms with Crippen molar-refractivity contribution in [3.63, 3.8) is 0 Å². The zero-order chi connectivity index (χ0) is 13.7. The van der Waals surface area contributed by atoms with E-state index in [0.29, 0.717) is 16.5 Å². The van der Waals surface area contributed by atoms with Gasteiger partial charge in [-0.1, -0.05) is 29.3 Å². The van der Waals surface area contributed by atoms with Gasteiger partial charge < -0.3 is 5.32 Å². The lowest BCUT2D eigenvalue weighted by atomic mass is 10.1. The Hall–Kier alpha value is -1.45. The Bertz CT molecular complexity index is 569. The van der Waals surface area contributed by atoms with Crippen molar-refractivity contribution in [3.8, 4) is 0 Å². The van der Waals surface area contributed by atoms with Crippen LogP contribution in [-0.4, -0.2) is 11.8 Å². The molecule has 0 saturated carbocycles. The van der Waals surface area contributed by atoms with Gasteiger partial charge in [0.2, 0.25) is 0 Å². The number of amides is 1. The van der Waals surface area contributed by atoms with Gasteiger partial charge in [0, 0.05) is 15.5 Å². The molecule has 2 rings (SSSR count). The summed E-state index contributed by atoms with van der Waals surface area (Å²) in [6.45, 7) is 1.97. The average Bonchev–Trinajstić information content (AvgIpc) is 2.41. The van der Waals surface area contributed by atoms with Crippen LogP contribution in [0.5, 0.6) is 0 Å². The number of rotatable bonds is 4. The molecule has 1 N–H and O–H groups in total. The summed E-state index contributed by atoms with van der Waals surface area (Å²) in [5, 5.41) is 3.60. The number of thioether (sulfide) groups is 1. The zero-order valence-corrected chi connectivity index (χ0v) is 12.1. The van der Waals surface area contributed by atoms with E-state index in [4.69, 9.17) is 11.6 Å². The highest BCUT2D eigenvalue weighted by molar-refractivity contribution is 7.99. The second-order valence-electron chi connectivity index (χ2n) is 4.12. The summed E-state index contributed by atoms with van der Waals surface area (Å²) in [6, 6.07) is 15.1. The molecule has 0 radical (unpaired) electrons. The lowest BCUT2D eigenvalue weighted by Gasteiger charge is -2.06. The van der Waals surface area contributed by atoms with E-state index >= 15 is 0 Å². The Morgan fingerprint density at radius 1 is 1.21 bits per heavy atom. The number of aryl methyl sites for hydroxylation is 1. The van der Waals surface area contributed by atoms with Crippen LogP contribution in [0.25, 0.3) is 0 Å². The molecular weight excluding hydrogens is 278 g/mol. The minimum absolute atomic E-state index is 0.0508. The third-order valence-electron chi connectivity index (χ3n) is 2.57. The summed E-state index contributed by atoms with van der Waals surface area (Å²) in [7, 11) is 0. The molecular formula is C15H14ClNOS. The molecule has 0 fully saturated rings. The van der Waals surface area contributed by atoms with E-state index in [1.165, 1.54) is 0 Å². The van der Waals surface area contributed by atoms with Crippen molar-refractivity contribution in [1.29, 1.82) is 0 Å². The number of benzene rings is 2. The molecule has 0 unspecified atom stereocenters. The molecule has 2 nitrogen and oxygen atoms in total. The lowest BCUT2D eigenvalue weighted by molar-refractivity contribution is 0.0961. The molecule has 4 heteroatoms. The number of carbonyl (C=O) groups excluding carboxylic acids is 1. The van der Waals surface area contributed by atoms with E-state index in [-0.39, 0.29) is 5.91 Å². The second kappa shape index (κ2) is 6.64. The summed E-state index contributed by atoms with van der Waals surface area (Å²) in [5.74, 6) is 0.485. The highest BCUT2D eigenvalue weighted by atomic mass is 35.5. The van der Waals surface area contributed by atoms with Crippen molar-refractivity contribution in [2.45, 2.75) is 11.8 Å². The fraction of sp³-hybridized carbons (Fsp3) is 0.133. The second-order valence-corrected chi connectivity index (χ2v) is 5.60. The van der Waals surface area contributed by atoms with Crippen LogP contribution in [-0.2, 0) is 0 Å². The Kier molecular flexibility index (Phi) is 4.88. The average molecular weight is 292 g/mol. The maximum atomic E-state index is 11.9. The van der Waals surface area contributed by atoms with Crippen LogP contribution in [0.15, 0.2) is 53.4 Å². The molecule has 2 aromatic rings. The molecule has 0 saturated heterocycles. The zero-order valence-electron chi connectivity index (χ0n) is 10.5. The minimum atomic E-state index is -0.0508. The molecule has 0 heterocycles. The molecule has 0 aliphatic rings. The van der Waals surface area contributed by atoms with Crippen LogP contribution in [0.3, 0.4) is 0 Å². The van der Waals surface area contributed by atoms with Crippen LogP contribution in [0.4, 0.5) is 0 Å². The van der Waals surface area contributed by atoms with Gasteiger partial charge in [-0.05, 0) is 43.3 Å². The van der Waals surface area contributed by atoms with Crippen LogP contribution >= 0.6 is 23.4 Å². The summed E-state index contributed by atoms with van der Waals surface area (Å²) in [5.41, 5.74) is 1.77. The van der Waals surface area contributed by atoms with Gasteiger partial charge in [-0.2, -0.15) is 0 Å². The number of halogens is 1. The highest BCUT2D eigenvalue weighted by Crippen LogP contribution is 2.19. The molecule has 0 bridgehead atoms. The van der Waals surface area contributed by atoms with Gasteiger partial charge >= 0.3 is 0 Å². The number of hydrogen-bond acceptors (Lipinski definition) is 2. The molecule has 0 atom stereocenters. The maximum Gasteiger partial charge on any atom is 0.251 e. The van der Waals surface area contributed by atoms with Crippen LogP contribution in [0.1, 0.15) is 15.9 Å². The maximum absolute atomic E-state index is 11.9. The quantitative estimate of drug-likeness (QED) is 0.678. The molecule has 0 spiro atoms. The first kappa shape index (κ1) is 14.0. The molecule has 1 amide bonds. The summed E-state index contributed by atoms with van der Waals surface area (Å²) in [6.07, 6.45) is 0. The summed E-state index contributed by atoms with van der Waals surface area (Å²) >= 11 is 7.38. The van der Waals surface area contributed by atoms with E-state index in [0.717, 1.165) is 10.5 Å². The van der Waals surface area contributed by atoms with Crippen LogP contribution in [0.2, 0.25) is 5.02 Å². The predicted octanol–water partition coefficient (Wildman–Crippen LogP) is 4.13. The highest BCUT2D eigenvalue weighted by Gasteiger charge is 2.04. The first-order chi connectivity index (χ1) is 9.15. The van der Waals surface area contributed by atoms with Gasteiger partial charge in [-0.25, -0.2) is 0 Å². The third-order valence-corrected chi connectivity index (χ3v) is 3.71. The van der Waals surface area contributed by atoms with Crippen molar-refractivity contribution < 1.29 is 4.79 Å². The van der Waals surface area contributed by atoms with Crippen molar-refractivity contribution in [2.24, 2.45) is 0 Å². The molecule has 2 aromatic carbocycles. The summed E-state index contributed by atoms with van der Waals surface area (Å²) in [4.78, 5) is 13.0.